The van der Waals surface area contributed by atoms with E-state index < -0.39 is 0 Å². The molecule has 184 valence electrons. The zero-order valence-electron chi connectivity index (χ0n) is 20.3. The van der Waals surface area contributed by atoms with Crippen molar-refractivity contribution in [3.63, 3.8) is 0 Å². The molecule has 7 nitrogen and oxygen atoms in total. The Bertz CT molecular complexity index is 1110. The van der Waals surface area contributed by atoms with Crippen molar-refractivity contribution in [1.29, 1.82) is 0 Å². The average Bonchev–Trinajstić information content (AvgIpc) is 3.09. The maximum Gasteiger partial charge on any atom is 0.267 e. The molecule has 0 atom stereocenters. The summed E-state index contributed by atoms with van der Waals surface area (Å²) in [7, 11) is 0. The average molecular weight is 503 g/mol. The van der Waals surface area contributed by atoms with E-state index in [4.69, 9.17) is 21.9 Å². The fourth-order valence-electron chi connectivity index (χ4n) is 3.80. The van der Waals surface area contributed by atoms with Crippen molar-refractivity contribution in [1.82, 2.24) is 14.3 Å². The Morgan fingerprint density at radius 2 is 1.97 bits per heavy atom. The highest BCUT2D eigenvalue weighted by molar-refractivity contribution is 8.26. The normalized spacial score (nSPS) is 15.1. The minimum absolute atomic E-state index is 0.137. The van der Waals surface area contributed by atoms with Crippen LogP contribution in [0, 0.1) is 6.92 Å². The molecule has 1 N–H and O–H groups in total. The standard InChI is InChI=1S/C25H34N4O3S2/c1-4-6-7-8-9-14-29-24(31)20(34-25(29)33)17-19-21(26-13-11-16-32-5-2)27-22-18(3)12-10-15-28(22)23(19)30/h10,12,15,17,26H,4-9,11,13-14,16H2,1-3H3/b20-17+. The van der Waals surface area contributed by atoms with Gasteiger partial charge in [0.2, 0.25) is 0 Å². The first-order chi connectivity index (χ1) is 16.5. The van der Waals surface area contributed by atoms with Crippen molar-refractivity contribution in [2.45, 2.75) is 59.3 Å². The Morgan fingerprint density at radius 1 is 1.18 bits per heavy atom. The second-order valence-electron chi connectivity index (χ2n) is 8.29. The highest BCUT2D eigenvalue weighted by Crippen LogP contribution is 2.33. The Balaban J connectivity index is 1.87. The molecule has 0 aromatic carbocycles. The smallest absolute Gasteiger partial charge is 0.267 e. The van der Waals surface area contributed by atoms with Crippen LogP contribution >= 0.6 is 24.0 Å². The van der Waals surface area contributed by atoms with E-state index in [1.807, 2.05) is 26.0 Å². The van der Waals surface area contributed by atoms with Crippen molar-refractivity contribution >= 4 is 51.7 Å². The number of thioether (sulfide) groups is 1. The first-order valence-electron chi connectivity index (χ1n) is 12.1. The van der Waals surface area contributed by atoms with E-state index in [-0.39, 0.29) is 11.5 Å². The summed E-state index contributed by atoms with van der Waals surface area (Å²) in [6.07, 6.45) is 9.68. The van der Waals surface area contributed by atoms with E-state index in [1.165, 1.54) is 35.4 Å². The van der Waals surface area contributed by atoms with Crippen LogP contribution in [0.3, 0.4) is 0 Å². The zero-order chi connectivity index (χ0) is 24.5. The fraction of sp³-hybridized carbons (Fsp3) is 0.520. The monoisotopic (exact) mass is 502 g/mol. The van der Waals surface area contributed by atoms with Gasteiger partial charge in [0.05, 0.1) is 10.5 Å². The van der Waals surface area contributed by atoms with Gasteiger partial charge in [0, 0.05) is 32.5 Å². The molecular formula is C25H34N4O3S2. The van der Waals surface area contributed by atoms with Crippen LogP contribution in [-0.4, -0.2) is 50.8 Å². The number of thiocarbonyl (C=S) groups is 1. The van der Waals surface area contributed by atoms with Crippen LogP contribution in [0.5, 0.6) is 0 Å². The molecule has 0 radical (unpaired) electrons. The topological polar surface area (TPSA) is 75.9 Å². The number of rotatable bonds is 13. The van der Waals surface area contributed by atoms with Gasteiger partial charge in [0.25, 0.3) is 11.5 Å². The molecule has 1 amide bonds. The number of hydrogen-bond acceptors (Lipinski definition) is 7. The Kier molecular flexibility index (Phi) is 10.1. The van der Waals surface area contributed by atoms with Gasteiger partial charge >= 0.3 is 0 Å². The van der Waals surface area contributed by atoms with Gasteiger partial charge in [-0.25, -0.2) is 4.98 Å². The molecule has 0 aliphatic carbocycles. The van der Waals surface area contributed by atoms with Crippen molar-refractivity contribution in [2.24, 2.45) is 0 Å². The fourth-order valence-corrected chi connectivity index (χ4v) is 5.09. The zero-order valence-corrected chi connectivity index (χ0v) is 21.9. The minimum Gasteiger partial charge on any atom is -0.382 e. The molecule has 2 aromatic rings. The number of anilines is 1. The highest BCUT2D eigenvalue weighted by Gasteiger charge is 2.32. The lowest BCUT2D eigenvalue weighted by molar-refractivity contribution is -0.122. The summed E-state index contributed by atoms with van der Waals surface area (Å²) in [6.45, 7) is 8.58. The third kappa shape index (κ3) is 6.46. The number of aryl methyl sites for hydroxylation is 1. The van der Waals surface area contributed by atoms with E-state index in [2.05, 4.69) is 12.2 Å². The summed E-state index contributed by atoms with van der Waals surface area (Å²) >= 11 is 6.73. The molecule has 34 heavy (non-hydrogen) atoms. The van der Waals surface area contributed by atoms with Crippen LogP contribution < -0.4 is 10.9 Å². The van der Waals surface area contributed by atoms with Gasteiger partial charge in [-0.1, -0.05) is 62.7 Å². The van der Waals surface area contributed by atoms with Crippen molar-refractivity contribution in [2.75, 3.05) is 31.6 Å². The summed E-state index contributed by atoms with van der Waals surface area (Å²) in [5.41, 5.74) is 1.64. The molecular weight excluding hydrogens is 468 g/mol. The molecule has 1 aliphatic heterocycles. The lowest BCUT2D eigenvalue weighted by Crippen LogP contribution is -2.29. The molecule has 0 bridgehead atoms. The van der Waals surface area contributed by atoms with Gasteiger partial charge in [-0.3, -0.25) is 18.9 Å². The number of amides is 1. The lowest BCUT2D eigenvalue weighted by Gasteiger charge is -2.14. The van der Waals surface area contributed by atoms with Crippen molar-refractivity contribution in [3.8, 4) is 0 Å². The molecule has 1 aliphatic rings. The van der Waals surface area contributed by atoms with Crippen molar-refractivity contribution in [3.05, 3.63) is 44.7 Å². The molecule has 0 unspecified atom stereocenters. The summed E-state index contributed by atoms with van der Waals surface area (Å²) < 4.78 is 7.48. The predicted molar refractivity (Wildman–Crippen MR) is 144 cm³/mol. The molecule has 1 fully saturated rings. The molecule has 1 saturated heterocycles. The van der Waals surface area contributed by atoms with E-state index in [0.29, 0.717) is 52.6 Å². The molecule has 3 heterocycles. The van der Waals surface area contributed by atoms with Gasteiger partial charge in [-0.05, 0) is 44.4 Å². The number of carbonyl (C=O) groups excluding carboxylic acids is 1. The van der Waals surface area contributed by atoms with Gasteiger partial charge in [0.1, 0.15) is 15.8 Å². The number of nitrogens with one attached hydrogen (secondary N) is 1. The number of aromatic nitrogens is 2. The van der Waals surface area contributed by atoms with Crippen LogP contribution in [0.4, 0.5) is 5.82 Å². The van der Waals surface area contributed by atoms with Gasteiger partial charge < -0.3 is 10.1 Å². The quantitative estimate of drug-likeness (QED) is 0.234. The van der Waals surface area contributed by atoms with Crippen LogP contribution in [0.25, 0.3) is 11.7 Å². The van der Waals surface area contributed by atoms with Gasteiger partial charge in [-0.2, -0.15) is 0 Å². The predicted octanol–water partition coefficient (Wildman–Crippen LogP) is 5.01. The van der Waals surface area contributed by atoms with Crippen molar-refractivity contribution < 1.29 is 9.53 Å². The Hall–Kier alpha value is -2.23. The van der Waals surface area contributed by atoms with Crippen LogP contribution in [0.15, 0.2) is 28.0 Å². The number of hydrogen-bond donors (Lipinski definition) is 1. The summed E-state index contributed by atoms with van der Waals surface area (Å²) in [6, 6.07) is 3.74. The van der Waals surface area contributed by atoms with Crippen LogP contribution in [0.2, 0.25) is 0 Å². The Labute approximate surface area is 211 Å². The molecule has 2 aromatic heterocycles. The highest BCUT2D eigenvalue weighted by atomic mass is 32.2. The summed E-state index contributed by atoms with van der Waals surface area (Å²) in [5.74, 6) is 0.335. The third-order valence-corrected chi connectivity index (χ3v) is 7.06. The first-order valence-corrected chi connectivity index (χ1v) is 13.3. The molecule has 0 saturated carbocycles. The van der Waals surface area contributed by atoms with E-state index in [9.17, 15) is 9.59 Å². The van der Waals surface area contributed by atoms with E-state index in [1.54, 1.807) is 17.2 Å². The summed E-state index contributed by atoms with van der Waals surface area (Å²) in [5, 5.41) is 3.28. The number of carbonyl (C=O) groups is 1. The summed E-state index contributed by atoms with van der Waals surface area (Å²) in [4.78, 5) is 33.4. The maximum atomic E-state index is 13.4. The second-order valence-corrected chi connectivity index (χ2v) is 9.96. The molecule has 3 rings (SSSR count). The largest absolute Gasteiger partial charge is 0.382 e. The SMILES string of the molecule is CCCCCCCN1C(=O)/C(=C\c2c(NCCCOCC)nc3c(C)cccn3c2=O)SC1=S. The van der Waals surface area contributed by atoms with Gasteiger partial charge in [0.15, 0.2) is 0 Å². The number of fused-ring (bicyclic) bond motifs is 1. The number of ether oxygens (including phenoxy) is 1. The minimum atomic E-state index is -0.217. The number of pyridine rings is 1. The second kappa shape index (κ2) is 13.0. The molecule has 9 heteroatoms. The number of unbranched alkanes of at least 4 members (excludes halogenated alkanes) is 4. The number of nitrogens with zero attached hydrogens (tertiary/aromatic N) is 3. The Morgan fingerprint density at radius 3 is 2.74 bits per heavy atom. The van der Waals surface area contributed by atoms with Crippen LogP contribution in [-0.2, 0) is 9.53 Å². The lowest BCUT2D eigenvalue weighted by atomic mass is 10.1. The third-order valence-electron chi connectivity index (χ3n) is 5.68. The molecule has 0 spiro atoms. The van der Waals surface area contributed by atoms with E-state index >= 15 is 0 Å². The van der Waals surface area contributed by atoms with Crippen LogP contribution in [0.1, 0.15) is 63.5 Å². The maximum absolute atomic E-state index is 13.4. The first kappa shape index (κ1) is 26.4. The van der Waals surface area contributed by atoms with E-state index in [0.717, 1.165) is 24.8 Å². The van der Waals surface area contributed by atoms with Gasteiger partial charge in [-0.15, -0.1) is 0 Å².